The summed E-state index contributed by atoms with van der Waals surface area (Å²) in [6, 6.07) is 0.460. The summed E-state index contributed by atoms with van der Waals surface area (Å²) in [5, 5.41) is 0. The van der Waals surface area contributed by atoms with Gasteiger partial charge in [-0.3, -0.25) is 0 Å². The molecule has 78 valence electrons. The monoisotopic (exact) mass is 193 g/mol. The van der Waals surface area contributed by atoms with Gasteiger partial charge in [0.15, 0.2) is 0 Å². The highest BCUT2D eigenvalue weighted by atomic mass is 15.0. The van der Waals surface area contributed by atoms with Gasteiger partial charge in [-0.15, -0.1) is 0 Å². The molecule has 0 spiro atoms. The molecule has 0 bridgehead atoms. The molecule has 0 aromatic carbocycles. The molecular formula is C11H19N3. The van der Waals surface area contributed by atoms with Crippen LogP contribution >= 0.6 is 0 Å². The number of hydrogen-bond donors (Lipinski definition) is 1. The fourth-order valence-corrected chi connectivity index (χ4v) is 2.35. The minimum atomic E-state index is 0.460. The third kappa shape index (κ3) is 2.15. The largest absolute Gasteiger partial charge is 0.338 e. The zero-order valence-electron chi connectivity index (χ0n) is 8.82. The van der Waals surface area contributed by atoms with E-state index >= 15 is 0 Å². The van der Waals surface area contributed by atoms with Gasteiger partial charge in [0.25, 0.3) is 0 Å². The van der Waals surface area contributed by atoms with Crippen molar-refractivity contribution in [1.82, 2.24) is 9.55 Å². The van der Waals surface area contributed by atoms with Crippen molar-refractivity contribution in [3.8, 4) is 0 Å². The summed E-state index contributed by atoms with van der Waals surface area (Å²) in [4.78, 5) is 4.33. The second-order valence-corrected chi connectivity index (χ2v) is 4.43. The summed E-state index contributed by atoms with van der Waals surface area (Å²) in [5.41, 5.74) is 5.88. The number of hydrogen-bond acceptors (Lipinski definition) is 2. The summed E-state index contributed by atoms with van der Waals surface area (Å²) < 4.78 is 2.11. The van der Waals surface area contributed by atoms with Gasteiger partial charge in [-0.05, 0) is 31.6 Å². The van der Waals surface area contributed by atoms with Gasteiger partial charge < -0.3 is 10.3 Å². The molecular weight excluding hydrogens is 174 g/mol. The summed E-state index contributed by atoms with van der Waals surface area (Å²) in [6.45, 7) is 0. The van der Waals surface area contributed by atoms with Crippen molar-refractivity contribution in [3.63, 3.8) is 0 Å². The Hall–Kier alpha value is -0.830. The molecule has 3 heteroatoms. The van der Waals surface area contributed by atoms with Crippen molar-refractivity contribution < 1.29 is 0 Å². The molecule has 14 heavy (non-hydrogen) atoms. The van der Waals surface area contributed by atoms with Gasteiger partial charge in [0, 0.05) is 31.9 Å². The first-order chi connectivity index (χ1) is 6.75. The van der Waals surface area contributed by atoms with Crippen LogP contribution in [0.5, 0.6) is 0 Å². The van der Waals surface area contributed by atoms with Gasteiger partial charge >= 0.3 is 0 Å². The number of imidazole rings is 1. The highest BCUT2D eigenvalue weighted by Crippen LogP contribution is 2.27. The third-order valence-electron chi connectivity index (χ3n) is 3.28. The van der Waals surface area contributed by atoms with Crippen molar-refractivity contribution >= 4 is 0 Å². The van der Waals surface area contributed by atoms with E-state index in [0.717, 1.165) is 12.3 Å². The summed E-state index contributed by atoms with van der Waals surface area (Å²) in [6.07, 6.45) is 9.96. The third-order valence-corrected chi connectivity index (χ3v) is 3.28. The second-order valence-electron chi connectivity index (χ2n) is 4.43. The molecule has 2 N–H and O–H groups in total. The standard InChI is InChI=1S/C11H19N3/c1-14-7-6-13-11(14)5-3-9-2-4-10(12)8-9/h6-7,9-10H,2-5,8,12H2,1H3. The minimum absolute atomic E-state index is 0.460. The molecule has 2 rings (SSSR count). The molecule has 0 saturated heterocycles. The summed E-state index contributed by atoms with van der Waals surface area (Å²) >= 11 is 0. The lowest BCUT2D eigenvalue weighted by molar-refractivity contribution is 0.485. The molecule has 0 aliphatic heterocycles. The van der Waals surface area contributed by atoms with Gasteiger partial charge in [0.05, 0.1) is 0 Å². The first-order valence-corrected chi connectivity index (χ1v) is 5.47. The van der Waals surface area contributed by atoms with Gasteiger partial charge in [-0.1, -0.05) is 0 Å². The van der Waals surface area contributed by atoms with Gasteiger partial charge in [-0.2, -0.15) is 0 Å². The molecule has 1 saturated carbocycles. The highest BCUT2D eigenvalue weighted by molar-refractivity contribution is 4.92. The van der Waals surface area contributed by atoms with Crippen LogP contribution in [0.1, 0.15) is 31.5 Å². The van der Waals surface area contributed by atoms with E-state index in [0.29, 0.717) is 6.04 Å². The van der Waals surface area contributed by atoms with E-state index in [4.69, 9.17) is 5.73 Å². The molecule has 1 aliphatic rings. The van der Waals surface area contributed by atoms with Crippen LogP contribution in [0.4, 0.5) is 0 Å². The highest BCUT2D eigenvalue weighted by Gasteiger charge is 2.21. The fraction of sp³-hybridized carbons (Fsp3) is 0.727. The molecule has 2 atom stereocenters. The Morgan fingerprint density at radius 2 is 2.43 bits per heavy atom. The van der Waals surface area contributed by atoms with Crippen LogP contribution < -0.4 is 5.73 Å². The maximum atomic E-state index is 5.88. The Balaban J connectivity index is 1.80. The zero-order chi connectivity index (χ0) is 9.97. The number of nitrogens with two attached hydrogens (primary N) is 1. The Morgan fingerprint density at radius 1 is 1.57 bits per heavy atom. The molecule has 1 fully saturated rings. The van der Waals surface area contributed by atoms with Crippen molar-refractivity contribution in [2.45, 2.75) is 38.1 Å². The van der Waals surface area contributed by atoms with Crippen LogP contribution in [0.25, 0.3) is 0 Å². The average molecular weight is 193 g/mol. The van der Waals surface area contributed by atoms with E-state index in [2.05, 4.69) is 16.6 Å². The van der Waals surface area contributed by atoms with Crippen LogP contribution in [-0.4, -0.2) is 15.6 Å². The zero-order valence-corrected chi connectivity index (χ0v) is 8.82. The van der Waals surface area contributed by atoms with Gasteiger partial charge in [0.1, 0.15) is 5.82 Å². The Kier molecular flexibility index (Phi) is 2.87. The Morgan fingerprint density at radius 3 is 3.00 bits per heavy atom. The van der Waals surface area contributed by atoms with Crippen LogP contribution in [0.15, 0.2) is 12.4 Å². The van der Waals surface area contributed by atoms with Gasteiger partial charge in [-0.25, -0.2) is 4.98 Å². The molecule has 1 aliphatic carbocycles. The SMILES string of the molecule is Cn1ccnc1CCC1CCC(N)C1. The number of rotatable bonds is 3. The van der Waals surface area contributed by atoms with E-state index < -0.39 is 0 Å². The maximum Gasteiger partial charge on any atom is 0.108 e. The van der Waals surface area contributed by atoms with E-state index in [-0.39, 0.29) is 0 Å². The minimum Gasteiger partial charge on any atom is -0.338 e. The molecule has 0 radical (unpaired) electrons. The van der Waals surface area contributed by atoms with E-state index in [1.165, 1.54) is 31.5 Å². The van der Waals surface area contributed by atoms with Crippen LogP contribution in [-0.2, 0) is 13.5 Å². The first kappa shape index (κ1) is 9.71. The molecule has 1 heterocycles. The number of aromatic nitrogens is 2. The van der Waals surface area contributed by atoms with Crippen molar-refractivity contribution in [1.29, 1.82) is 0 Å². The van der Waals surface area contributed by atoms with E-state index in [1.807, 2.05) is 12.4 Å². The lowest BCUT2D eigenvalue weighted by atomic mass is 10.0. The second kappa shape index (κ2) is 4.13. The average Bonchev–Trinajstić information content (AvgIpc) is 2.72. The van der Waals surface area contributed by atoms with E-state index in [9.17, 15) is 0 Å². The molecule has 1 aromatic rings. The first-order valence-electron chi connectivity index (χ1n) is 5.47. The quantitative estimate of drug-likeness (QED) is 0.790. The number of nitrogens with zero attached hydrogens (tertiary/aromatic N) is 2. The predicted molar refractivity (Wildman–Crippen MR) is 56.8 cm³/mol. The molecule has 1 aromatic heterocycles. The summed E-state index contributed by atoms with van der Waals surface area (Å²) in [7, 11) is 2.06. The Labute approximate surface area is 85.3 Å². The lowest BCUT2D eigenvalue weighted by Gasteiger charge is -2.08. The van der Waals surface area contributed by atoms with Crippen molar-refractivity contribution in [2.24, 2.45) is 18.7 Å². The van der Waals surface area contributed by atoms with E-state index in [1.54, 1.807) is 0 Å². The van der Waals surface area contributed by atoms with Crippen molar-refractivity contribution in [2.75, 3.05) is 0 Å². The number of aryl methyl sites for hydroxylation is 2. The summed E-state index contributed by atoms with van der Waals surface area (Å²) in [5.74, 6) is 2.03. The topological polar surface area (TPSA) is 43.8 Å². The van der Waals surface area contributed by atoms with Crippen LogP contribution in [0.2, 0.25) is 0 Å². The maximum absolute atomic E-state index is 5.88. The molecule has 2 unspecified atom stereocenters. The van der Waals surface area contributed by atoms with Crippen molar-refractivity contribution in [3.05, 3.63) is 18.2 Å². The van der Waals surface area contributed by atoms with Crippen LogP contribution in [0, 0.1) is 5.92 Å². The fourth-order valence-electron chi connectivity index (χ4n) is 2.35. The molecule has 0 amide bonds. The van der Waals surface area contributed by atoms with Crippen LogP contribution in [0.3, 0.4) is 0 Å². The lowest BCUT2D eigenvalue weighted by Crippen LogP contribution is -2.15. The predicted octanol–water partition coefficient (Wildman–Crippen LogP) is 1.48. The Bertz CT molecular complexity index is 292. The van der Waals surface area contributed by atoms with Gasteiger partial charge in [0.2, 0.25) is 0 Å². The molecule has 3 nitrogen and oxygen atoms in total. The smallest absolute Gasteiger partial charge is 0.108 e. The normalized spacial score (nSPS) is 27.0.